The first-order valence-electron chi connectivity index (χ1n) is 9.02. The molecule has 1 saturated heterocycles. The van der Waals surface area contributed by atoms with E-state index in [0.717, 1.165) is 0 Å². The molecule has 1 fully saturated rings. The Hall–Kier alpha value is -3.52. The molecule has 0 aliphatic carbocycles. The Morgan fingerprint density at radius 1 is 1.20 bits per heavy atom. The van der Waals surface area contributed by atoms with Gasteiger partial charge in [-0.3, -0.25) is 15.0 Å². The van der Waals surface area contributed by atoms with E-state index in [1.807, 2.05) is 6.07 Å². The maximum atomic E-state index is 12.7. The standard InChI is InChI=1S/C21H19ClN2O6/c1-3-29-18(25)12-30-19-16(22)10-13(11-17(19)28-2)9-15-20(26)23-24(21(15)27)14-7-5-4-6-8-14/h4-11H,3,12H2,1-2H3,(H,23,26)/b15-9-. The summed E-state index contributed by atoms with van der Waals surface area (Å²) in [5.74, 6) is -1.19. The summed E-state index contributed by atoms with van der Waals surface area (Å²) < 4.78 is 15.5. The van der Waals surface area contributed by atoms with E-state index < -0.39 is 17.8 Å². The van der Waals surface area contributed by atoms with Crippen LogP contribution >= 0.6 is 11.6 Å². The lowest BCUT2D eigenvalue weighted by Crippen LogP contribution is -2.35. The van der Waals surface area contributed by atoms with Gasteiger partial charge >= 0.3 is 5.97 Å². The second kappa shape index (κ2) is 9.32. The fourth-order valence-corrected chi connectivity index (χ4v) is 3.05. The van der Waals surface area contributed by atoms with Crippen molar-refractivity contribution >= 4 is 41.1 Å². The largest absolute Gasteiger partial charge is 0.493 e. The van der Waals surface area contributed by atoms with Crippen LogP contribution < -0.4 is 19.9 Å². The number of anilines is 1. The SMILES string of the molecule is CCOC(=O)COc1c(Cl)cc(/C=C2/C(=O)NN(c3ccccc3)C2=O)cc1OC. The fraction of sp³-hybridized carbons (Fsp3) is 0.190. The molecule has 1 heterocycles. The van der Waals surface area contributed by atoms with Gasteiger partial charge < -0.3 is 14.2 Å². The molecule has 2 amide bonds. The van der Waals surface area contributed by atoms with Crippen molar-refractivity contribution in [2.45, 2.75) is 6.92 Å². The van der Waals surface area contributed by atoms with E-state index in [1.54, 1.807) is 37.3 Å². The number of hydrazine groups is 1. The second-order valence-corrected chi connectivity index (χ2v) is 6.51. The van der Waals surface area contributed by atoms with Crippen molar-refractivity contribution in [2.24, 2.45) is 0 Å². The highest BCUT2D eigenvalue weighted by Gasteiger charge is 2.34. The van der Waals surface area contributed by atoms with Crippen LogP contribution in [-0.4, -0.2) is 38.1 Å². The van der Waals surface area contributed by atoms with Crippen molar-refractivity contribution in [1.82, 2.24) is 5.43 Å². The molecule has 0 atom stereocenters. The predicted octanol–water partition coefficient (Wildman–Crippen LogP) is 2.75. The Kier molecular flexibility index (Phi) is 6.58. The summed E-state index contributed by atoms with van der Waals surface area (Å²) >= 11 is 6.27. The van der Waals surface area contributed by atoms with Crippen molar-refractivity contribution < 1.29 is 28.6 Å². The molecule has 0 bridgehead atoms. The number of rotatable bonds is 7. The summed E-state index contributed by atoms with van der Waals surface area (Å²) in [6.07, 6.45) is 1.41. The van der Waals surface area contributed by atoms with Gasteiger partial charge in [0.15, 0.2) is 18.1 Å². The van der Waals surface area contributed by atoms with Gasteiger partial charge in [-0.15, -0.1) is 0 Å². The first kappa shape index (κ1) is 21.2. The highest BCUT2D eigenvalue weighted by atomic mass is 35.5. The number of nitrogens with zero attached hydrogens (tertiary/aromatic N) is 1. The minimum absolute atomic E-state index is 0.0582. The number of carbonyl (C=O) groups is 3. The van der Waals surface area contributed by atoms with E-state index in [-0.39, 0.29) is 35.3 Å². The van der Waals surface area contributed by atoms with Crippen LogP contribution in [-0.2, 0) is 19.1 Å². The molecule has 2 aromatic rings. The number of esters is 1. The first-order valence-corrected chi connectivity index (χ1v) is 9.40. The van der Waals surface area contributed by atoms with Crippen LogP contribution in [0.2, 0.25) is 5.02 Å². The average molecular weight is 431 g/mol. The monoisotopic (exact) mass is 430 g/mol. The van der Waals surface area contributed by atoms with E-state index in [2.05, 4.69) is 5.43 Å². The molecule has 0 aromatic heterocycles. The number of amides is 2. The molecule has 3 rings (SSSR count). The quantitative estimate of drug-likeness (QED) is 0.412. The Morgan fingerprint density at radius 2 is 1.93 bits per heavy atom. The summed E-state index contributed by atoms with van der Waals surface area (Å²) in [5.41, 5.74) is 3.46. The number of ether oxygens (including phenoxy) is 3. The van der Waals surface area contributed by atoms with Gasteiger partial charge in [0, 0.05) is 0 Å². The summed E-state index contributed by atoms with van der Waals surface area (Å²) in [7, 11) is 1.41. The zero-order valence-corrected chi connectivity index (χ0v) is 17.1. The van der Waals surface area contributed by atoms with E-state index in [4.69, 9.17) is 25.8 Å². The van der Waals surface area contributed by atoms with E-state index in [0.29, 0.717) is 11.3 Å². The Morgan fingerprint density at radius 3 is 2.60 bits per heavy atom. The van der Waals surface area contributed by atoms with Gasteiger partial charge in [0.1, 0.15) is 5.57 Å². The Balaban J connectivity index is 1.86. The molecule has 1 N–H and O–H groups in total. The lowest BCUT2D eigenvalue weighted by molar-refractivity contribution is -0.145. The normalized spacial score (nSPS) is 14.6. The van der Waals surface area contributed by atoms with Gasteiger partial charge in [-0.2, -0.15) is 0 Å². The number of methoxy groups -OCH3 is 1. The van der Waals surface area contributed by atoms with Gasteiger partial charge in [-0.05, 0) is 42.8 Å². The fourth-order valence-electron chi connectivity index (χ4n) is 2.78. The third-order valence-corrected chi connectivity index (χ3v) is 4.39. The number of halogens is 1. The number of carbonyl (C=O) groups excluding carboxylic acids is 3. The van der Waals surface area contributed by atoms with E-state index in [1.165, 1.54) is 24.3 Å². The van der Waals surface area contributed by atoms with E-state index >= 15 is 0 Å². The van der Waals surface area contributed by atoms with Crippen molar-refractivity contribution in [3.05, 3.63) is 58.6 Å². The molecule has 156 valence electrons. The molecule has 30 heavy (non-hydrogen) atoms. The van der Waals surface area contributed by atoms with Crippen LogP contribution in [0.5, 0.6) is 11.5 Å². The van der Waals surface area contributed by atoms with Crippen molar-refractivity contribution in [1.29, 1.82) is 0 Å². The van der Waals surface area contributed by atoms with Crippen LogP contribution in [0.3, 0.4) is 0 Å². The highest BCUT2D eigenvalue weighted by molar-refractivity contribution is 6.33. The summed E-state index contributed by atoms with van der Waals surface area (Å²) in [6.45, 7) is 1.58. The zero-order valence-electron chi connectivity index (χ0n) is 16.3. The maximum absolute atomic E-state index is 12.7. The van der Waals surface area contributed by atoms with Crippen LogP contribution in [0.25, 0.3) is 6.08 Å². The number of hydrogen-bond acceptors (Lipinski definition) is 6. The molecule has 1 aliphatic heterocycles. The summed E-state index contributed by atoms with van der Waals surface area (Å²) in [4.78, 5) is 36.6. The number of nitrogens with one attached hydrogen (secondary N) is 1. The molecule has 0 unspecified atom stereocenters. The van der Waals surface area contributed by atoms with Crippen LogP contribution in [0.15, 0.2) is 48.0 Å². The Labute approximate surface area is 177 Å². The molecular formula is C21H19ClN2O6. The number of para-hydroxylation sites is 1. The molecule has 8 nitrogen and oxygen atoms in total. The average Bonchev–Trinajstić information content (AvgIpc) is 3.01. The molecule has 2 aromatic carbocycles. The minimum atomic E-state index is -0.545. The molecule has 1 aliphatic rings. The van der Waals surface area contributed by atoms with Crippen molar-refractivity contribution in [2.75, 3.05) is 25.3 Å². The molecule has 0 saturated carbocycles. The van der Waals surface area contributed by atoms with Crippen LogP contribution in [0.4, 0.5) is 5.69 Å². The molecule has 0 spiro atoms. The minimum Gasteiger partial charge on any atom is -0.493 e. The van der Waals surface area contributed by atoms with Crippen molar-refractivity contribution in [3.8, 4) is 11.5 Å². The first-order chi connectivity index (χ1) is 14.4. The second-order valence-electron chi connectivity index (χ2n) is 6.10. The maximum Gasteiger partial charge on any atom is 0.344 e. The van der Waals surface area contributed by atoms with Gasteiger partial charge in [0.05, 0.1) is 24.4 Å². The lowest BCUT2D eigenvalue weighted by Gasteiger charge is -2.14. The third-order valence-electron chi connectivity index (χ3n) is 4.11. The van der Waals surface area contributed by atoms with Gasteiger partial charge in [0.2, 0.25) is 0 Å². The smallest absolute Gasteiger partial charge is 0.344 e. The predicted molar refractivity (Wildman–Crippen MR) is 110 cm³/mol. The molecular weight excluding hydrogens is 412 g/mol. The highest BCUT2D eigenvalue weighted by Crippen LogP contribution is 2.37. The lowest BCUT2D eigenvalue weighted by atomic mass is 10.1. The molecule has 0 radical (unpaired) electrons. The molecule has 9 heteroatoms. The van der Waals surface area contributed by atoms with E-state index in [9.17, 15) is 14.4 Å². The van der Waals surface area contributed by atoms with Crippen LogP contribution in [0, 0.1) is 0 Å². The number of benzene rings is 2. The Bertz CT molecular complexity index is 1010. The van der Waals surface area contributed by atoms with Gasteiger partial charge in [-0.25, -0.2) is 9.80 Å². The third kappa shape index (κ3) is 4.55. The summed E-state index contributed by atoms with van der Waals surface area (Å²) in [5, 5.41) is 1.32. The van der Waals surface area contributed by atoms with Gasteiger partial charge in [0.25, 0.3) is 11.8 Å². The topological polar surface area (TPSA) is 94.2 Å². The summed E-state index contributed by atoms with van der Waals surface area (Å²) in [6, 6.07) is 11.8. The van der Waals surface area contributed by atoms with Crippen LogP contribution in [0.1, 0.15) is 12.5 Å². The number of hydrogen-bond donors (Lipinski definition) is 1. The van der Waals surface area contributed by atoms with Crippen molar-refractivity contribution in [3.63, 3.8) is 0 Å². The van der Waals surface area contributed by atoms with Gasteiger partial charge in [-0.1, -0.05) is 29.8 Å². The zero-order chi connectivity index (χ0) is 21.7.